The molecule has 1 heterocycles. The molecule has 1 fully saturated rings. The van der Waals surface area contributed by atoms with Crippen molar-refractivity contribution in [1.29, 1.82) is 0 Å². The van der Waals surface area contributed by atoms with E-state index in [0.29, 0.717) is 23.8 Å². The molecule has 2 aromatic rings. The molecule has 4 rings (SSSR count). The Bertz CT molecular complexity index is 873. The zero-order chi connectivity index (χ0) is 18.1. The molecular weight excluding hydrogens is 326 g/mol. The van der Waals surface area contributed by atoms with Crippen LogP contribution in [0, 0.1) is 0 Å². The molecule has 0 spiro atoms. The average molecular weight is 347 g/mol. The molecule has 1 aliphatic heterocycles. The maximum atomic E-state index is 13.1. The number of nitrogens with zero attached hydrogens (tertiary/aromatic N) is 2. The quantitative estimate of drug-likeness (QED) is 0.862. The number of benzene rings is 2. The lowest BCUT2D eigenvalue weighted by Crippen LogP contribution is -2.45. The van der Waals surface area contributed by atoms with Crippen LogP contribution in [0.1, 0.15) is 23.2 Å². The number of nitrogens with one attached hydrogen (secondary N) is 1. The van der Waals surface area contributed by atoms with Gasteiger partial charge in [0.15, 0.2) is 0 Å². The van der Waals surface area contributed by atoms with E-state index < -0.39 is 0 Å². The smallest absolute Gasteiger partial charge is 0.258 e. The van der Waals surface area contributed by atoms with Crippen molar-refractivity contribution in [3.8, 4) is 0 Å². The highest BCUT2D eigenvalue weighted by atomic mass is 16.2. The van der Waals surface area contributed by atoms with Gasteiger partial charge >= 0.3 is 0 Å². The number of rotatable bonds is 4. The minimum Gasteiger partial charge on any atom is -0.365 e. The molecule has 26 heavy (non-hydrogen) atoms. The van der Waals surface area contributed by atoms with Gasteiger partial charge in [-0.05, 0) is 49.2 Å². The molecule has 1 aliphatic carbocycles. The number of anilines is 3. The molecule has 1 saturated carbocycles. The molecule has 5 nitrogen and oxygen atoms in total. The summed E-state index contributed by atoms with van der Waals surface area (Å²) in [5.74, 6) is -0.347. The molecule has 2 amide bonds. The second kappa shape index (κ2) is 6.67. The van der Waals surface area contributed by atoms with Crippen molar-refractivity contribution in [2.75, 3.05) is 28.2 Å². The number of amides is 2. The van der Waals surface area contributed by atoms with Gasteiger partial charge in [-0.3, -0.25) is 9.59 Å². The summed E-state index contributed by atoms with van der Waals surface area (Å²) in [5.41, 5.74) is 3.23. The van der Waals surface area contributed by atoms with Crippen LogP contribution in [0.2, 0.25) is 0 Å². The van der Waals surface area contributed by atoms with E-state index in [2.05, 4.69) is 22.9 Å². The Kier molecular flexibility index (Phi) is 4.21. The first kappa shape index (κ1) is 16.4. The fourth-order valence-electron chi connectivity index (χ4n) is 3.44. The molecule has 5 heteroatoms. The van der Waals surface area contributed by atoms with E-state index in [-0.39, 0.29) is 11.8 Å². The SMILES string of the molecule is C=CC(=O)Nc1cccc(C(=O)N2CCN(C3CC3)c3ccccc32)c1. The lowest BCUT2D eigenvalue weighted by atomic mass is 10.1. The third-order valence-corrected chi connectivity index (χ3v) is 4.84. The van der Waals surface area contributed by atoms with Crippen molar-refractivity contribution in [3.63, 3.8) is 0 Å². The molecule has 0 saturated heterocycles. The Labute approximate surface area is 152 Å². The van der Waals surface area contributed by atoms with E-state index in [4.69, 9.17) is 0 Å². The van der Waals surface area contributed by atoms with Crippen molar-refractivity contribution >= 4 is 28.9 Å². The van der Waals surface area contributed by atoms with Gasteiger partial charge in [0.05, 0.1) is 11.4 Å². The van der Waals surface area contributed by atoms with Gasteiger partial charge in [0.25, 0.3) is 5.91 Å². The summed E-state index contributed by atoms with van der Waals surface area (Å²) in [7, 11) is 0. The zero-order valence-corrected chi connectivity index (χ0v) is 14.5. The molecule has 0 aromatic heterocycles. The van der Waals surface area contributed by atoms with E-state index >= 15 is 0 Å². The predicted molar refractivity (Wildman–Crippen MR) is 104 cm³/mol. The normalized spacial score (nSPS) is 16.0. The molecule has 0 radical (unpaired) electrons. The summed E-state index contributed by atoms with van der Waals surface area (Å²) in [4.78, 5) is 28.9. The van der Waals surface area contributed by atoms with Gasteiger partial charge in [-0.2, -0.15) is 0 Å². The number of hydrogen-bond donors (Lipinski definition) is 1. The standard InChI is InChI=1S/C21H21N3O2/c1-2-20(25)22-16-7-5-6-15(14-16)21(26)24-13-12-23(17-10-11-17)18-8-3-4-9-19(18)24/h2-9,14,17H,1,10-13H2,(H,22,25). The van der Waals surface area contributed by atoms with Gasteiger partial charge in [0, 0.05) is 30.4 Å². The first-order chi connectivity index (χ1) is 12.7. The van der Waals surface area contributed by atoms with E-state index in [1.165, 1.54) is 18.9 Å². The molecule has 2 aromatic carbocycles. The summed E-state index contributed by atoms with van der Waals surface area (Å²) in [6.45, 7) is 4.96. The maximum absolute atomic E-state index is 13.1. The van der Waals surface area contributed by atoms with Crippen molar-refractivity contribution < 1.29 is 9.59 Å². The highest BCUT2D eigenvalue weighted by Gasteiger charge is 2.35. The number of hydrogen-bond acceptors (Lipinski definition) is 3. The largest absolute Gasteiger partial charge is 0.365 e. The van der Waals surface area contributed by atoms with Crippen LogP contribution in [0.15, 0.2) is 61.2 Å². The Hall–Kier alpha value is -3.08. The molecule has 1 N–H and O–H groups in total. The predicted octanol–water partition coefficient (Wildman–Crippen LogP) is 3.44. The summed E-state index contributed by atoms with van der Waals surface area (Å²) in [6, 6.07) is 15.7. The van der Waals surface area contributed by atoms with Crippen LogP contribution in [0.3, 0.4) is 0 Å². The Morgan fingerprint density at radius 3 is 2.54 bits per heavy atom. The number of fused-ring (bicyclic) bond motifs is 1. The second-order valence-corrected chi connectivity index (χ2v) is 6.64. The maximum Gasteiger partial charge on any atom is 0.258 e. The average Bonchev–Trinajstić information content (AvgIpc) is 3.52. The van der Waals surface area contributed by atoms with Gasteiger partial charge < -0.3 is 15.1 Å². The van der Waals surface area contributed by atoms with Gasteiger partial charge in [-0.1, -0.05) is 24.8 Å². The van der Waals surface area contributed by atoms with Crippen molar-refractivity contribution in [2.24, 2.45) is 0 Å². The lowest BCUT2D eigenvalue weighted by molar-refractivity contribution is -0.111. The number of carbonyl (C=O) groups is 2. The Morgan fingerprint density at radius 1 is 1.04 bits per heavy atom. The first-order valence-electron chi connectivity index (χ1n) is 8.88. The highest BCUT2D eigenvalue weighted by molar-refractivity contribution is 6.09. The van der Waals surface area contributed by atoms with Crippen LogP contribution in [0.5, 0.6) is 0 Å². The summed E-state index contributed by atoms with van der Waals surface area (Å²) in [6.07, 6.45) is 3.67. The molecule has 2 aliphatic rings. The van der Waals surface area contributed by atoms with E-state index in [1.54, 1.807) is 24.3 Å². The van der Waals surface area contributed by atoms with Crippen LogP contribution in [0.4, 0.5) is 17.1 Å². The summed E-state index contributed by atoms with van der Waals surface area (Å²) < 4.78 is 0. The van der Waals surface area contributed by atoms with Crippen LogP contribution in [-0.2, 0) is 4.79 Å². The Balaban J connectivity index is 1.62. The van der Waals surface area contributed by atoms with Gasteiger partial charge in [0.2, 0.25) is 5.91 Å². The van der Waals surface area contributed by atoms with E-state index in [0.717, 1.165) is 17.9 Å². The third-order valence-electron chi connectivity index (χ3n) is 4.84. The fourth-order valence-corrected chi connectivity index (χ4v) is 3.44. The molecule has 0 atom stereocenters. The summed E-state index contributed by atoms with van der Waals surface area (Å²) in [5, 5.41) is 2.70. The van der Waals surface area contributed by atoms with Crippen molar-refractivity contribution in [2.45, 2.75) is 18.9 Å². The van der Waals surface area contributed by atoms with Crippen LogP contribution in [0.25, 0.3) is 0 Å². The van der Waals surface area contributed by atoms with Crippen LogP contribution >= 0.6 is 0 Å². The zero-order valence-electron chi connectivity index (χ0n) is 14.5. The second-order valence-electron chi connectivity index (χ2n) is 6.64. The molecular formula is C21H21N3O2. The number of para-hydroxylation sites is 2. The van der Waals surface area contributed by atoms with Gasteiger partial charge in [-0.25, -0.2) is 0 Å². The Morgan fingerprint density at radius 2 is 1.81 bits per heavy atom. The monoisotopic (exact) mass is 347 g/mol. The molecule has 0 unspecified atom stereocenters. The third kappa shape index (κ3) is 3.08. The molecule has 132 valence electrons. The molecule has 0 bridgehead atoms. The van der Waals surface area contributed by atoms with Gasteiger partial charge in [0.1, 0.15) is 0 Å². The fraction of sp³-hybridized carbons (Fsp3) is 0.238. The van der Waals surface area contributed by atoms with Crippen LogP contribution in [-0.4, -0.2) is 30.9 Å². The minimum atomic E-state index is -0.294. The van der Waals surface area contributed by atoms with Gasteiger partial charge in [-0.15, -0.1) is 0 Å². The van der Waals surface area contributed by atoms with E-state index in [9.17, 15) is 9.59 Å². The minimum absolute atomic E-state index is 0.0531. The van der Waals surface area contributed by atoms with Crippen molar-refractivity contribution in [3.05, 3.63) is 66.7 Å². The number of carbonyl (C=O) groups excluding carboxylic acids is 2. The topological polar surface area (TPSA) is 52.7 Å². The van der Waals surface area contributed by atoms with E-state index in [1.807, 2.05) is 23.1 Å². The lowest BCUT2D eigenvalue weighted by Gasteiger charge is -2.38. The van der Waals surface area contributed by atoms with Crippen molar-refractivity contribution in [1.82, 2.24) is 0 Å². The first-order valence-corrected chi connectivity index (χ1v) is 8.88. The highest BCUT2D eigenvalue weighted by Crippen LogP contribution is 2.40. The summed E-state index contributed by atoms with van der Waals surface area (Å²) >= 11 is 0. The van der Waals surface area contributed by atoms with Crippen LogP contribution < -0.4 is 15.1 Å².